The summed E-state index contributed by atoms with van der Waals surface area (Å²) in [5.41, 5.74) is 0. The minimum Gasteiger partial charge on any atom is -0.481 e. The van der Waals surface area contributed by atoms with Crippen LogP contribution in [-0.4, -0.2) is 41.7 Å². The fraction of sp³-hybridized carbons (Fsp3) is 0.969. The molecule has 0 aliphatic rings. The minimum atomic E-state index is -0.655. The van der Waals surface area contributed by atoms with Crippen molar-refractivity contribution in [2.24, 2.45) is 0 Å². The van der Waals surface area contributed by atoms with Gasteiger partial charge in [-0.2, -0.15) is 0 Å². The molecule has 0 unspecified atom stereocenters. The Balaban J connectivity index is 0. The molecular formula is C32H68NO2+. The van der Waals surface area contributed by atoms with Crippen LogP contribution in [0.25, 0.3) is 0 Å². The highest BCUT2D eigenvalue weighted by atomic mass is 16.4. The van der Waals surface area contributed by atoms with Gasteiger partial charge in [0.15, 0.2) is 0 Å². The second-order valence-corrected chi connectivity index (χ2v) is 11.0. The van der Waals surface area contributed by atoms with Crippen LogP contribution in [0.2, 0.25) is 0 Å². The van der Waals surface area contributed by atoms with Gasteiger partial charge in [-0.15, -0.1) is 0 Å². The van der Waals surface area contributed by atoms with Crippen LogP contribution in [0.1, 0.15) is 176 Å². The second kappa shape index (κ2) is 29.7. The Labute approximate surface area is 222 Å². The van der Waals surface area contributed by atoms with E-state index in [0.717, 1.165) is 12.8 Å². The maximum Gasteiger partial charge on any atom is 0.303 e. The summed E-state index contributed by atoms with van der Waals surface area (Å²) in [5.74, 6) is -0.655. The largest absolute Gasteiger partial charge is 0.481 e. The fourth-order valence-electron chi connectivity index (χ4n) is 4.94. The molecule has 0 aromatic carbocycles. The monoisotopic (exact) mass is 499 g/mol. The van der Waals surface area contributed by atoms with Gasteiger partial charge in [-0.25, -0.2) is 0 Å². The quantitative estimate of drug-likeness (QED) is 0.0950. The van der Waals surface area contributed by atoms with Gasteiger partial charge in [-0.05, 0) is 32.1 Å². The summed E-state index contributed by atoms with van der Waals surface area (Å²) in [7, 11) is 0. The molecule has 0 saturated carbocycles. The molecule has 1 N–H and O–H groups in total. The first kappa shape index (κ1) is 36.6. The fourth-order valence-corrected chi connectivity index (χ4v) is 4.94. The SMILES string of the molecule is CCCCCCCCCCCCCCCC(=O)O.CCCC[N+](CCCC)(CCCC)CCCC. The summed E-state index contributed by atoms with van der Waals surface area (Å²) in [6.07, 6.45) is 28.3. The molecule has 0 aliphatic carbocycles. The Morgan fingerprint density at radius 2 is 0.686 bits per heavy atom. The van der Waals surface area contributed by atoms with Crippen molar-refractivity contribution in [2.75, 3.05) is 26.2 Å². The van der Waals surface area contributed by atoms with Gasteiger partial charge >= 0.3 is 5.97 Å². The van der Waals surface area contributed by atoms with Gasteiger partial charge in [0, 0.05) is 6.42 Å². The number of unbranched alkanes of at least 4 members (excludes halogenated alkanes) is 16. The van der Waals surface area contributed by atoms with Crippen molar-refractivity contribution in [1.82, 2.24) is 0 Å². The van der Waals surface area contributed by atoms with Gasteiger partial charge in [0.05, 0.1) is 26.2 Å². The topological polar surface area (TPSA) is 37.3 Å². The first-order valence-corrected chi connectivity index (χ1v) is 16.1. The third kappa shape index (κ3) is 27.9. The van der Waals surface area contributed by atoms with Crippen molar-refractivity contribution in [3.05, 3.63) is 0 Å². The Bertz CT molecular complexity index is 373. The maximum atomic E-state index is 10.3. The highest BCUT2D eigenvalue weighted by Crippen LogP contribution is 2.16. The lowest BCUT2D eigenvalue weighted by Gasteiger charge is -2.39. The Kier molecular flexibility index (Phi) is 31.0. The smallest absolute Gasteiger partial charge is 0.303 e. The van der Waals surface area contributed by atoms with E-state index >= 15 is 0 Å². The van der Waals surface area contributed by atoms with Crippen molar-refractivity contribution in [3.63, 3.8) is 0 Å². The summed E-state index contributed by atoms with van der Waals surface area (Å²) in [5, 5.41) is 8.49. The second-order valence-electron chi connectivity index (χ2n) is 11.0. The number of quaternary nitrogens is 1. The number of carbonyl (C=O) groups is 1. The van der Waals surface area contributed by atoms with E-state index in [9.17, 15) is 4.79 Å². The third-order valence-electron chi connectivity index (χ3n) is 7.44. The molecule has 0 aromatic rings. The molecule has 0 bridgehead atoms. The molecule has 0 fully saturated rings. The van der Waals surface area contributed by atoms with E-state index in [4.69, 9.17) is 5.11 Å². The van der Waals surface area contributed by atoms with Crippen LogP contribution < -0.4 is 0 Å². The Morgan fingerprint density at radius 1 is 0.429 bits per heavy atom. The average Bonchev–Trinajstić information content (AvgIpc) is 2.86. The summed E-state index contributed by atoms with van der Waals surface area (Å²) in [4.78, 5) is 10.3. The molecular weight excluding hydrogens is 430 g/mol. The number of hydrogen-bond acceptors (Lipinski definition) is 1. The predicted molar refractivity (Wildman–Crippen MR) is 157 cm³/mol. The normalized spacial score (nSPS) is 11.3. The zero-order valence-corrected chi connectivity index (χ0v) is 25.2. The first-order chi connectivity index (χ1) is 17.0. The van der Waals surface area contributed by atoms with E-state index in [1.54, 1.807) is 0 Å². The van der Waals surface area contributed by atoms with Crippen molar-refractivity contribution in [1.29, 1.82) is 0 Å². The molecule has 0 aliphatic heterocycles. The molecule has 0 saturated heterocycles. The predicted octanol–water partition coefficient (Wildman–Crippen LogP) is 10.6. The maximum absolute atomic E-state index is 10.3. The van der Waals surface area contributed by atoms with Gasteiger partial charge in [0.25, 0.3) is 0 Å². The molecule has 3 heteroatoms. The molecule has 0 atom stereocenters. The first-order valence-electron chi connectivity index (χ1n) is 16.1. The molecule has 0 heterocycles. The van der Waals surface area contributed by atoms with Gasteiger partial charge in [-0.3, -0.25) is 4.79 Å². The van der Waals surface area contributed by atoms with Crippen LogP contribution in [0.15, 0.2) is 0 Å². The lowest BCUT2D eigenvalue weighted by Crippen LogP contribution is -2.50. The highest BCUT2D eigenvalue weighted by Gasteiger charge is 2.24. The molecule has 0 aromatic heterocycles. The van der Waals surface area contributed by atoms with Crippen molar-refractivity contribution >= 4 is 5.97 Å². The van der Waals surface area contributed by atoms with E-state index in [0.29, 0.717) is 6.42 Å². The van der Waals surface area contributed by atoms with Crippen LogP contribution in [0.5, 0.6) is 0 Å². The van der Waals surface area contributed by atoms with E-state index in [1.807, 2.05) is 0 Å². The summed E-state index contributed by atoms with van der Waals surface area (Å²) >= 11 is 0. The van der Waals surface area contributed by atoms with Crippen LogP contribution >= 0.6 is 0 Å². The van der Waals surface area contributed by atoms with E-state index < -0.39 is 5.97 Å². The van der Waals surface area contributed by atoms with Crippen LogP contribution in [0.4, 0.5) is 0 Å². The highest BCUT2D eigenvalue weighted by molar-refractivity contribution is 5.66. The lowest BCUT2D eigenvalue weighted by atomic mass is 10.0. The van der Waals surface area contributed by atoms with Crippen LogP contribution in [-0.2, 0) is 4.79 Å². The molecule has 0 amide bonds. The number of hydrogen-bond donors (Lipinski definition) is 1. The van der Waals surface area contributed by atoms with Crippen LogP contribution in [0.3, 0.4) is 0 Å². The van der Waals surface area contributed by atoms with Gasteiger partial charge in [-0.1, -0.05) is 137 Å². The summed E-state index contributed by atoms with van der Waals surface area (Å²) in [6.45, 7) is 17.3. The number of aliphatic carboxylic acids is 1. The van der Waals surface area contributed by atoms with Crippen LogP contribution in [0, 0.1) is 0 Å². The van der Waals surface area contributed by atoms with Gasteiger partial charge < -0.3 is 9.59 Å². The molecule has 35 heavy (non-hydrogen) atoms. The molecule has 0 radical (unpaired) electrons. The minimum absolute atomic E-state index is 0.345. The Hall–Kier alpha value is -0.570. The summed E-state index contributed by atoms with van der Waals surface area (Å²) < 4.78 is 1.42. The zero-order chi connectivity index (χ0) is 26.5. The summed E-state index contributed by atoms with van der Waals surface area (Å²) in [6, 6.07) is 0. The zero-order valence-electron chi connectivity index (χ0n) is 25.2. The lowest BCUT2D eigenvalue weighted by molar-refractivity contribution is -0.929. The molecule has 3 nitrogen and oxygen atoms in total. The van der Waals surface area contributed by atoms with E-state index in [2.05, 4.69) is 34.6 Å². The van der Waals surface area contributed by atoms with Gasteiger partial charge in [0.2, 0.25) is 0 Å². The number of rotatable bonds is 26. The van der Waals surface area contributed by atoms with Crippen molar-refractivity contribution < 1.29 is 14.4 Å². The van der Waals surface area contributed by atoms with E-state index in [-0.39, 0.29) is 0 Å². The standard InChI is InChI=1S/C16H36N.C16H32O2/c1-5-9-13-17(14-10-6-2,15-11-7-3)16-12-8-4;1-2-3-4-5-6-7-8-9-10-11-12-13-14-15-16(17)18/h5-16H2,1-4H3;2-15H2,1H3,(H,17,18)/q+1;. The van der Waals surface area contributed by atoms with Crippen molar-refractivity contribution in [2.45, 2.75) is 176 Å². The van der Waals surface area contributed by atoms with Gasteiger partial charge in [0.1, 0.15) is 0 Å². The average molecular weight is 499 g/mol. The molecule has 0 spiro atoms. The van der Waals surface area contributed by atoms with E-state index in [1.165, 1.54) is 153 Å². The Morgan fingerprint density at radius 3 is 0.943 bits per heavy atom. The third-order valence-corrected chi connectivity index (χ3v) is 7.44. The molecule has 212 valence electrons. The molecule has 0 rings (SSSR count). The number of carboxylic acid groups (broad SMARTS) is 1. The number of nitrogens with zero attached hydrogens (tertiary/aromatic N) is 1. The van der Waals surface area contributed by atoms with Crippen molar-refractivity contribution in [3.8, 4) is 0 Å². The number of carboxylic acids is 1.